The number of nitrogens with two attached hydrogens (primary N) is 1. The lowest BCUT2D eigenvalue weighted by molar-refractivity contribution is 0.102. The first kappa shape index (κ1) is 11.5. The quantitative estimate of drug-likeness (QED) is 0.831. The lowest BCUT2D eigenvalue weighted by Gasteiger charge is -2.06. The first-order chi connectivity index (χ1) is 8.16. The maximum absolute atomic E-state index is 11.9. The Labute approximate surface area is 106 Å². The maximum atomic E-state index is 11.9. The second-order valence-corrected chi connectivity index (χ2v) is 4.19. The van der Waals surface area contributed by atoms with E-state index in [2.05, 4.69) is 31.2 Å². The van der Waals surface area contributed by atoms with Crippen LogP contribution in [0.3, 0.4) is 0 Å². The summed E-state index contributed by atoms with van der Waals surface area (Å²) in [5.41, 5.74) is 6.55. The molecule has 86 valence electrons. The predicted molar refractivity (Wildman–Crippen MR) is 68.5 cm³/mol. The van der Waals surface area contributed by atoms with E-state index in [-0.39, 0.29) is 5.91 Å². The van der Waals surface area contributed by atoms with E-state index in [1.165, 1.54) is 18.6 Å². The molecule has 5 nitrogen and oxygen atoms in total. The van der Waals surface area contributed by atoms with Crippen molar-refractivity contribution < 1.29 is 4.79 Å². The molecule has 0 saturated carbocycles. The Hall–Kier alpha value is -1.95. The molecule has 0 aliphatic heterocycles. The van der Waals surface area contributed by atoms with Gasteiger partial charge in [0.1, 0.15) is 0 Å². The van der Waals surface area contributed by atoms with Crippen LogP contribution >= 0.6 is 15.9 Å². The molecule has 0 unspecified atom stereocenters. The Morgan fingerprint density at radius 1 is 1.35 bits per heavy atom. The van der Waals surface area contributed by atoms with Gasteiger partial charge >= 0.3 is 0 Å². The molecule has 1 heterocycles. The minimum Gasteiger partial charge on any atom is -0.398 e. The van der Waals surface area contributed by atoms with Gasteiger partial charge in [0.15, 0.2) is 5.82 Å². The molecule has 0 spiro atoms. The van der Waals surface area contributed by atoms with E-state index in [0.29, 0.717) is 17.1 Å². The van der Waals surface area contributed by atoms with Crippen molar-refractivity contribution in [1.29, 1.82) is 0 Å². The highest BCUT2D eigenvalue weighted by atomic mass is 79.9. The predicted octanol–water partition coefficient (Wildman–Crippen LogP) is 2.07. The Kier molecular flexibility index (Phi) is 3.34. The van der Waals surface area contributed by atoms with E-state index >= 15 is 0 Å². The van der Waals surface area contributed by atoms with Crippen molar-refractivity contribution in [1.82, 2.24) is 9.97 Å². The number of nitrogen functional groups attached to an aromatic ring is 1. The highest BCUT2D eigenvalue weighted by Crippen LogP contribution is 2.19. The molecule has 17 heavy (non-hydrogen) atoms. The van der Waals surface area contributed by atoms with E-state index in [1.54, 1.807) is 18.2 Å². The topological polar surface area (TPSA) is 80.9 Å². The van der Waals surface area contributed by atoms with Crippen LogP contribution < -0.4 is 11.1 Å². The molecule has 0 atom stereocenters. The first-order valence-electron chi connectivity index (χ1n) is 4.79. The second kappa shape index (κ2) is 4.92. The molecule has 0 aliphatic carbocycles. The fourth-order valence-corrected chi connectivity index (χ4v) is 1.67. The van der Waals surface area contributed by atoms with E-state index in [0.717, 1.165) is 4.47 Å². The number of anilines is 2. The highest BCUT2D eigenvalue weighted by molar-refractivity contribution is 9.10. The van der Waals surface area contributed by atoms with Crippen LogP contribution in [0.25, 0.3) is 0 Å². The molecule has 1 aromatic carbocycles. The van der Waals surface area contributed by atoms with Gasteiger partial charge in [-0.05, 0) is 18.2 Å². The number of amides is 1. The lowest BCUT2D eigenvalue weighted by Crippen LogP contribution is -2.14. The molecular formula is C11H9BrN4O. The molecule has 0 aliphatic rings. The van der Waals surface area contributed by atoms with Crippen LogP contribution in [0, 0.1) is 0 Å². The summed E-state index contributed by atoms with van der Waals surface area (Å²) in [7, 11) is 0. The van der Waals surface area contributed by atoms with Crippen LogP contribution in [-0.2, 0) is 0 Å². The molecule has 3 N–H and O–H groups in total. The zero-order valence-electron chi connectivity index (χ0n) is 8.72. The van der Waals surface area contributed by atoms with Crippen molar-refractivity contribution in [3.63, 3.8) is 0 Å². The molecule has 2 rings (SSSR count). The number of hydrogen-bond acceptors (Lipinski definition) is 4. The number of nitrogens with one attached hydrogen (secondary N) is 1. The smallest absolute Gasteiger partial charge is 0.258 e. The fraction of sp³-hybridized carbons (Fsp3) is 0. The lowest BCUT2D eigenvalue weighted by atomic mass is 10.1. The van der Waals surface area contributed by atoms with Crippen LogP contribution in [0.1, 0.15) is 10.4 Å². The van der Waals surface area contributed by atoms with E-state index < -0.39 is 0 Å². The molecule has 6 heteroatoms. The van der Waals surface area contributed by atoms with E-state index in [1.807, 2.05) is 0 Å². The van der Waals surface area contributed by atoms with E-state index in [9.17, 15) is 4.79 Å². The van der Waals surface area contributed by atoms with Gasteiger partial charge in [0.25, 0.3) is 5.91 Å². The van der Waals surface area contributed by atoms with E-state index in [4.69, 9.17) is 5.73 Å². The Bertz CT molecular complexity index is 544. The summed E-state index contributed by atoms with van der Waals surface area (Å²) in [6.07, 6.45) is 4.50. The van der Waals surface area contributed by atoms with Crippen LogP contribution in [0.2, 0.25) is 0 Å². The Balaban J connectivity index is 2.21. The second-order valence-electron chi connectivity index (χ2n) is 3.28. The number of aromatic nitrogens is 2. The standard InChI is InChI=1S/C11H9BrN4O/c12-7-1-2-8(9(13)5-7)11(17)16-10-6-14-3-4-15-10/h1-6H,13H2,(H,15,16,17). The SMILES string of the molecule is Nc1cc(Br)ccc1C(=O)Nc1cnccn1. The number of benzene rings is 1. The van der Waals surface area contributed by atoms with Gasteiger partial charge in [-0.25, -0.2) is 4.98 Å². The van der Waals surface area contributed by atoms with Crippen molar-refractivity contribution in [2.45, 2.75) is 0 Å². The highest BCUT2D eigenvalue weighted by Gasteiger charge is 2.10. The number of halogens is 1. The van der Waals surface area contributed by atoms with Crippen LogP contribution in [0.5, 0.6) is 0 Å². The van der Waals surface area contributed by atoms with Gasteiger partial charge < -0.3 is 11.1 Å². The minimum atomic E-state index is -0.310. The average molecular weight is 293 g/mol. The van der Waals surface area contributed by atoms with Gasteiger partial charge in [-0.2, -0.15) is 0 Å². The van der Waals surface area contributed by atoms with Gasteiger partial charge in [-0.3, -0.25) is 9.78 Å². The summed E-state index contributed by atoms with van der Waals surface area (Å²) in [5, 5.41) is 2.61. The number of nitrogens with zero attached hydrogens (tertiary/aromatic N) is 2. The third kappa shape index (κ3) is 2.79. The fourth-order valence-electron chi connectivity index (χ4n) is 1.29. The van der Waals surface area contributed by atoms with Crippen LogP contribution in [-0.4, -0.2) is 15.9 Å². The Morgan fingerprint density at radius 3 is 2.82 bits per heavy atom. The summed E-state index contributed by atoms with van der Waals surface area (Å²) >= 11 is 3.28. The molecule has 0 radical (unpaired) electrons. The molecule has 1 amide bonds. The number of rotatable bonds is 2. The molecule has 1 aromatic heterocycles. The normalized spacial score (nSPS) is 9.94. The van der Waals surface area contributed by atoms with Gasteiger partial charge in [-0.15, -0.1) is 0 Å². The van der Waals surface area contributed by atoms with Crippen molar-refractivity contribution in [2.75, 3.05) is 11.1 Å². The summed E-state index contributed by atoms with van der Waals surface area (Å²) in [6.45, 7) is 0. The largest absolute Gasteiger partial charge is 0.398 e. The summed E-state index contributed by atoms with van der Waals surface area (Å²) in [6, 6.07) is 5.07. The molecule has 2 aromatic rings. The monoisotopic (exact) mass is 292 g/mol. The molecule has 0 bridgehead atoms. The van der Waals surface area contributed by atoms with Crippen molar-refractivity contribution in [2.24, 2.45) is 0 Å². The summed E-state index contributed by atoms with van der Waals surface area (Å²) < 4.78 is 0.825. The van der Waals surface area contributed by atoms with Gasteiger partial charge in [0, 0.05) is 22.6 Å². The number of carbonyl (C=O) groups is 1. The van der Waals surface area contributed by atoms with Crippen LogP contribution in [0.4, 0.5) is 11.5 Å². The van der Waals surface area contributed by atoms with Gasteiger partial charge in [-0.1, -0.05) is 15.9 Å². The minimum absolute atomic E-state index is 0.310. The first-order valence-corrected chi connectivity index (χ1v) is 5.58. The van der Waals surface area contributed by atoms with Crippen molar-refractivity contribution >= 4 is 33.3 Å². The van der Waals surface area contributed by atoms with Crippen LogP contribution in [0.15, 0.2) is 41.3 Å². The average Bonchev–Trinajstić information content (AvgIpc) is 2.30. The Morgan fingerprint density at radius 2 is 2.18 bits per heavy atom. The number of carbonyl (C=O) groups excluding carboxylic acids is 1. The summed E-state index contributed by atoms with van der Waals surface area (Å²) in [4.78, 5) is 19.7. The van der Waals surface area contributed by atoms with Crippen molar-refractivity contribution in [3.8, 4) is 0 Å². The maximum Gasteiger partial charge on any atom is 0.258 e. The third-order valence-electron chi connectivity index (χ3n) is 2.06. The molecular weight excluding hydrogens is 284 g/mol. The number of hydrogen-bond donors (Lipinski definition) is 2. The molecule has 0 fully saturated rings. The third-order valence-corrected chi connectivity index (χ3v) is 2.56. The zero-order valence-corrected chi connectivity index (χ0v) is 10.3. The van der Waals surface area contributed by atoms with Gasteiger partial charge in [0.05, 0.1) is 11.8 Å². The van der Waals surface area contributed by atoms with Gasteiger partial charge in [0.2, 0.25) is 0 Å². The zero-order chi connectivity index (χ0) is 12.3. The summed E-state index contributed by atoms with van der Waals surface area (Å²) in [5.74, 6) is 0.0790. The molecule has 0 saturated heterocycles. The van der Waals surface area contributed by atoms with Crippen molar-refractivity contribution in [3.05, 3.63) is 46.8 Å².